The number of hydrogen-bond acceptors (Lipinski definition) is 3. The Labute approximate surface area is 178 Å². The zero-order valence-corrected chi connectivity index (χ0v) is 16.9. The van der Waals surface area contributed by atoms with Crippen LogP contribution in [-0.2, 0) is 9.59 Å². The van der Waals surface area contributed by atoms with Crippen LogP contribution in [0.2, 0.25) is 5.02 Å². The van der Waals surface area contributed by atoms with Gasteiger partial charge in [0, 0.05) is 16.3 Å². The van der Waals surface area contributed by atoms with Crippen molar-refractivity contribution in [3.8, 4) is 0 Å². The Morgan fingerprint density at radius 2 is 1.50 bits per heavy atom. The van der Waals surface area contributed by atoms with Gasteiger partial charge in [-0.1, -0.05) is 66.2 Å². The van der Waals surface area contributed by atoms with Crippen molar-refractivity contribution in [1.82, 2.24) is 5.43 Å². The van der Waals surface area contributed by atoms with Crippen LogP contribution in [0.4, 0.5) is 5.69 Å². The molecular weight excluding hydrogens is 398 g/mol. The molecule has 0 aliphatic heterocycles. The summed E-state index contributed by atoms with van der Waals surface area (Å²) in [5.74, 6) is -1.69. The number of nitrogens with zero attached hydrogens (tertiary/aromatic N) is 1. The maximum absolute atomic E-state index is 12.1. The monoisotopic (exact) mass is 415 g/mol. The molecule has 148 valence electrons. The molecule has 0 aliphatic carbocycles. The molecule has 0 bridgehead atoms. The van der Waals surface area contributed by atoms with Crippen molar-refractivity contribution >= 4 is 56.9 Å². The van der Waals surface area contributed by atoms with Gasteiger partial charge in [-0.15, -0.1) is 0 Å². The number of anilines is 1. The van der Waals surface area contributed by atoms with E-state index in [4.69, 9.17) is 11.6 Å². The summed E-state index contributed by atoms with van der Waals surface area (Å²) in [7, 11) is 0. The topological polar surface area (TPSA) is 70.6 Å². The summed E-state index contributed by atoms with van der Waals surface area (Å²) in [6.07, 6.45) is 1.57. The number of hydrazone groups is 1. The predicted octanol–water partition coefficient (Wildman–Crippen LogP) is 5.04. The summed E-state index contributed by atoms with van der Waals surface area (Å²) < 4.78 is 0. The molecule has 4 rings (SSSR count). The summed E-state index contributed by atoms with van der Waals surface area (Å²) >= 11 is 6.05. The zero-order valence-electron chi connectivity index (χ0n) is 16.1. The smallest absolute Gasteiger partial charge is 0.318 e. The Kier molecular flexibility index (Phi) is 5.46. The van der Waals surface area contributed by atoms with Crippen LogP contribution in [0.3, 0.4) is 0 Å². The number of amides is 2. The largest absolute Gasteiger partial charge is 0.329 e. The van der Waals surface area contributed by atoms with Gasteiger partial charge in [0.05, 0.1) is 6.21 Å². The van der Waals surface area contributed by atoms with Crippen molar-refractivity contribution in [3.63, 3.8) is 0 Å². The molecular formula is C24H18ClN3O2. The summed E-state index contributed by atoms with van der Waals surface area (Å²) in [4.78, 5) is 24.3. The third-order valence-electron chi connectivity index (χ3n) is 4.81. The van der Waals surface area contributed by atoms with Gasteiger partial charge in [0.15, 0.2) is 0 Å². The lowest BCUT2D eigenvalue weighted by Crippen LogP contribution is -2.32. The standard InChI is InChI=1S/C24H18ClN3O2/c1-15-10-11-18(13-22(15)25)27-23(29)24(30)28-26-14-21-19-8-4-2-6-16(19)12-17-7-3-5-9-20(17)21/h2-14H,1H3,(H,27,29)(H,28,30). The number of halogens is 1. The highest BCUT2D eigenvalue weighted by Crippen LogP contribution is 2.27. The van der Waals surface area contributed by atoms with E-state index in [1.165, 1.54) is 0 Å². The van der Waals surface area contributed by atoms with Crippen LogP contribution in [0.1, 0.15) is 11.1 Å². The van der Waals surface area contributed by atoms with E-state index in [1.54, 1.807) is 24.4 Å². The van der Waals surface area contributed by atoms with Gasteiger partial charge in [0.2, 0.25) is 0 Å². The highest BCUT2D eigenvalue weighted by Gasteiger charge is 2.13. The molecule has 30 heavy (non-hydrogen) atoms. The van der Waals surface area contributed by atoms with Crippen molar-refractivity contribution < 1.29 is 9.59 Å². The Morgan fingerprint density at radius 1 is 0.867 bits per heavy atom. The fourth-order valence-corrected chi connectivity index (χ4v) is 3.43. The third-order valence-corrected chi connectivity index (χ3v) is 5.22. The zero-order chi connectivity index (χ0) is 21.1. The second kappa shape index (κ2) is 8.35. The van der Waals surface area contributed by atoms with E-state index in [0.29, 0.717) is 10.7 Å². The van der Waals surface area contributed by atoms with E-state index >= 15 is 0 Å². The first-order valence-electron chi connectivity index (χ1n) is 9.34. The van der Waals surface area contributed by atoms with E-state index in [2.05, 4.69) is 21.9 Å². The van der Waals surface area contributed by atoms with Crippen molar-refractivity contribution in [3.05, 3.63) is 88.9 Å². The first-order valence-corrected chi connectivity index (χ1v) is 9.72. The molecule has 0 heterocycles. The summed E-state index contributed by atoms with van der Waals surface area (Å²) in [5, 5.41) is 11.2. The quantitative estimate of drug-likeness (QED) is 0.213. The van der Waals surface area contributed by atoms with E-state index < -0.39 is 11.8 Å². The van der Waals surface area contributed by atoms with Crippen LogP contribution >= 0.6 is 11.6 Å². The molecule has 5 nitrogen and oxygen atoms in total. The highest BCUT2D eigenvalue weighted by atomic mass is 35.5. The number of rotatable bonds is 3. The van der Waals surface area contributed by atoms with Crippen LogP contribution in [-0.4, -0.2) is 18.0 Å². The molecule has 0 saturated heterocycles. The average Bonchev–Trinajstić information content (AvgIpc) is 2.75. The minimum Gasteiger partial charge on any atom is -0.318 e. The number of aryl methyl sites for hydroxylation is 1. The number of hydrogen-bond donors (Lipinski definition) is 2. The second-order valence-corrected chi connectivity index (χ2v) is 7.26. The van der Waals surface area contributed by atoms with Gasteiger partial charge in [0.1, 0.15) is 0 Å². The normalized spacial score (nSPS) is 11.1. The number of fused-ring (bicyclic) bond motifs is 2. The lowest BCUT2D eigenvalue weighted by Gasteiger charge is -2.08. The highest BCUT2D eigenvalue weighted by molar-refractivity contribution is 6.40. The maximum atomic E-state index is 12.1. The van der Waals surface area contributed by atoms with Crippen LogP contribution in [0.15, 0.2) is 77.9 Å². The fraction of sp³-hybridized carbons (Fsp3) is 0.0417. The van der Waals surface area contributed by atoms with E-state index in [-0.39, 0.29) is 0 Å². The number of nitrogens with one attached hydrogen (secondary N) is 2. The minimum absolute atomic E-state index is 0.440. The first-order chi connectivity index (χ1) is 14.5. The van der Waals surface area contributed by atoms with Gasteiger partial charge in [0.25, 0.3) is 0 Å². The summed E-state index contributed by atoms with van der Waals surface area (Å²) in [6.45, 7) is 1.85. The molecule has 4 aromatic rings. The fourth-order valence-electron chi connectivity index (χ4n) is 3.25. The molecule has 6 heteroatoms. The SMILES string of the molecule is Cc1ccc(NC(=O)C(=O)NN=Cc2c3ccccc3cc3ccccc23)cc1Cl. The molecule has 0 atom stereocenters. The number of benzene rings is 4. The van der Waals surface area contributed by atoms with E-state index in [0.717, 1.165) is 32.7 Å². The minimum atomic E-state index is -0.868. The van der Waals surface area contributed by atoms with E-state index in [1.807, 2.05) is 55.5 Å². The predicted molar refractivity (Wildman–Crippen MR) is 122 cm³/mol. The van der Waals surface area contributed by atoms with Crippen molar-refractivity contribution in [2.75, 3.05) is 5.32 Å². The molecule has 2 N–H and O–H groups in total. The second-order valence-electron chi connectivity index (χ2n) is 6.85. The van der Waals surface area contributed by atoms with Crippen molar-refractivity contribution in [2.24, 2.45) is 5.10 Å². The van der Waals surface area contributed by atoms with Gasteiger partial charge in [-0.2, -0.15) is 5.10 Å². The molecule has 0 radical (unpaired) electrons. The molecule has 0 saturated carbocycles. The van der Waals surface area contributed by atoms with Gasteiger partial charge in [-0.3, -0.25) is 9.59 Å². The third kappa shape index (κ3) is 4.02. The van der Waals surface area contributed by atoms with Crippen molar-refractivity contribution in [2.45, 2.75) is 6.92 Å². The molecule has 0 spiro atoms. The molecule has 4 aromatic carbocycles. The lowest BCUT2D eigenvalue weighted by atomic mass is 9.97. The van der Waals surface area contributed by atoms with Crippen LogP contribution in [0, 0.1) is 6.92 Å². The molecule has 2 amide bonds. The summed E-state index contributed by atoms with van der Waals surface area (Å²) in [5.41, 5.74) is 4.48. The number of carbonyl (C=O) groups is 2. The van der Waals surface area contributed by atoms with Gasteiger partial charge in [-0.05, 0) is 52.2 Å². The molecule has 0 unspecified atom stereocenters. The Morgan fingerprint density at radius 3 is 2.13 bits per heavy atom. The van der Waals surface area contributed by atoms with Gasteiger partial charge >= 0.3 is 11.8 Å². The van der Waals surface area contributed by atoms with Crippen LogP contribution in [0.5, 0.6) is 0 Å². The maximum Gasteiger partial charge on any atom is 0.329 e. The van der Waals surface area contributed by atoms with Crippen LogP contribution < -0.4 is 10.7 Å². The van der Waals surface area contributed by atoms with Crippen LogP contribution in [0.25, 0.3) is 21.5 Å². The number of carbonyl (C=O) groups excluding carboxylic acids is 2. The van der Waals surface area contributed by atoms with Gasteiger partial charge < -0.3 is 5.32 Å². The first kappa shape index (κ1) is 19.6. The molecule has 0 aliphatic rings. The lowest BCUT2D eigenvalue weighted by molar-refractivity contribution is -0.136. The summed E-state index contributed by atoms with van der Waals surface area (Å²) in [6, 6.07) is 23.0. The average molecular weight is 416 g/mol. The Bertz CT molecular complexity index is 1260. The molecule has 0 fully saturated rings. The molecule has 0 aromatic heterocycles. The van der Waals surface area contributed by atoms with Crippen molar-refractivity contribution in [1.29, 1.82) is 0 Å². The van der Waals surface area contributed by atoms with Gasteiger partial charge in [-0.25, -0.2) is 5.43 Å². The Hall–Kier alpha value is -3.70. The van der Waals surface area contributed by atoms with E-state index in [9.17, 15) is 9.59 Å². The Balaban J connectivity index is 1.55.